The van der Waals surface area contributed by atoms with Crippen molar-refractivity contribution in [3.63, 3.8) is 0 Å². The summed E-state index contributed by atoms with van der Waals surface area (Å²) >= 11 is 0. The first kappa shape index (κ1) is 25.6. The molecule has 0 saturated carbocycles. The molecule has 2 aromatic carbocycles. The molecule has 0 spiro atoms. The van der Waals surface area contributed by atoms with E-state index >= 15 is 0 Å². The summed E-state index contributed by atoms with van der Waals surface area (Å²) in [6.07, 6.45) is 3.27. The first-order valence-corrected chi connectivity index (χ1v) is 13.1. The van der Waals surface area contributed by atoms with Gasteiger partial charge in [-0.1, -0.05) is 51.1 Å². The smallest absolute Gasteiger partial charge is 0.410 e. The van der Waals surface area contributed by atoms with E-state index in [9.17, 15) is 4.79 Å². The number of aryl methyl sites for hydroxylation is 1. The van der Waals surface area contributed by atoms with Gasteiger partial charge in [-0.25, -0.2) is 4.79 Å². The Hall–Kier alpha value is -2.53. The van der Waals surface area contributed by atoms with Crippen LogP contribution in [-0.4, -0.2) is 47.7 Å². The van der Waals surface area contributed by atoms with Gasteiger partial charge in [-0.15, -0.1) is 0 Å². The highest BCUT2D eigenvalue weighted by atomic mass is 16.6. The fourth-order valence-electron chi connectivity index (χ4n) is 5.03. The van der Waals surface area contributed by atoms with Crippen LogP contribution in [0.3, 0.4) is 0 Å². The summed E-state index contributed by atoms with van der Waals surface area (Å²) in [7, 11) is 0. The summed E-state index contributed by atoms with van der Waals surface area (Å²) in [4.78, 5) is 16.8. The van der Waals surface area contributed by atoms with Gasteiger partial charge in [0.25, 0.3) is 0 Å². The monoisotopic (exact) mass is 478 g/mol. The molecule has 1 unspecified atom stereocenters. The molecular formula is C30H42N2O3. The van der Waals surface area contributed by atoms with Crippen LogP contribution >= 0.6 is 0 Å². The zero-order valence-electron chi connectivity index (χ0n) is 22.4. The molecule has 0 N–H and O–H groups in total. The molecule has 0 bridgehead atoms. The highest BCUT2D eigenvalue weighted by molar-refractivity contribution is 5.68. The molecule has 2 aromatic rings. The molecule has 0 radical (unpaired) electrons. The number of carbonyl (C=O) groups is 1. The van der Waals surface area contributed by atoms with E-state index in [1.165, 1.54) is 28.7 Å². The Bertz CT molecular complexity index is 1010. The number of carbonyl (C=O) groups excluding carboxylic acids is 1. The van der Waals surface area contributed by atoms with Crippen molar-refractivity contribution in [3.8, 4) is 5.75 Å². The van der Waals surface area contributed by atoms with Crippen LogP contribution in [0.25, 0.3) is 0 Å². The van der Waals surface area contributed by atoms with Crippen LogP contribution in [0.1, 0.15) is 82.7 Å². The normalized spacial score (nSPS) is 19.3. The lowest BCUT2D eigenvalue weighted by molar-refractivity contribution is 0.00926. The maximum Gasteiger partial charge on any atom is 0.410 e. The Morgan fingerprint density at radius 2 is 1.63 bits per heavy atom. The van der Waals surface area contributed by atoms with Crippen LogP contribution in [0.2, 0.25) is 0 Å². The number of hydrogen-bond acceptors (Lipinski definition) is 4. The maximum atomic E-state index is 12.5. The molecule has 1 saturated heterocycles. The minimum absolute atomic E-state index is 0.158. The maximum absolute atomic E-state index is 12.5. The molecule has 1 atom stereocenters. The second-order valence-corrected chi connectivity index (χ2v) is 12.0. The average molecular weight is 479 g/mol. The van der Waals surface area contributed by atoms with E-state index < -0.39 is 5.60 Å². The van der Waals surface area contributed by atoms with Crippen molar-refractivity contribution in [3.05, 3.63) is 64.7 Å². The fourth-order valence-corrected chi connectivity index (χ4v) is 5.03. The summed E-state index contributed by atoms with van der Waals surface area (Å²) in [6.45, 7) is 16.2. The van der Waals surface area contributed by atoms with Crippen LogP contribution in [0.15, 0.2) is 42.5 Å². The summed E-state index contributed by atoms with van der Waals surface area (Å²) in [5.41, 5.74) is 5.04. The number of rotatable bonds is 4. The average Bonchev–Trinajstić information content (AvgIpc) is 2.81. The quantitative estimate of drug-likeness (QED) is 0.503. The van der Waals surface area contributed by atoms with Gasteiger partial charge in [0.1, 0.15) is 18.0 Å². The Morgan fingerprint density at radius 1 is 0.943 bits per heavy atom. The Morgan fingerprint density at radius 3 is 2.26 bits per heavy atom. The van der Waals surface area contributed by atoms with E-state index in [0.29, 0.717) is 25.7 Å². The molecule has 1 heterocycles. The van der Waals surface area contributed by atoms with E-state index in [0.717, 1.165) is 31.7 Å². The van der Waals surface area contributed by atoms with Crippen molar-refractivity contribution in [2.75, 3.05) is 26.2 Å². The largest absolute Gasteiger partial charge is 0.489 e. The molecule has 1 aliphatic heterocycles. The predicted molar refractivity (Wildman–Crippen MR) is 141 cm³/mol. The Balaban J connectivity index is 1.39. The van der Waals surface area contributed by atoms with E-state index in [1.54, 1.807) is 0 Å². The first-order chi connectivity index (χ1) is 16.5. The van der Waals surface area contributed by atoms with E-state index in [2.05, 4.69) is 68.1 Å². The Kier molecular flexibility index (Phi) is 7.46. The predicted octanol–water partition coefficient (Wildman–Crippen LogP) is 6.49. The number of nitrogens with zero attached hydrogens (tertiary/aromatic N) is 2. The summed E-state index contributed by atoms with van der Waals surface area (Å²) in [5, 5.41) is 0. The van der Waals surface area contributed by atoms with Crippen molar-refractivity contribution < 1.29 is 14.3 Å². The third-order valence-corrected chi connectivity index (χ3v) is 7.03. The van der Waals surface area contributed by atoms with Crippen molar-refractivity contribution in [1.29, 1.82) is 0 Å². The SMILES string of the molecule is CC(C)(C)OC(=O)N1CCN(C2CCCc3ccc(OCc4ccc(C(C)(C)C)cc4)cc32)CC1. The number of amides is 1. The third-order valence-electron chi connectivity index (χ3n) is 7.03. The molecule has 190 valence electrons. The molecular weight excluding hydrogens is 436 g/mol. The zero-order chi connectivity index (χ0) is 25.2. The second kappa shape index (κ2) is 10.2. The van der Waals surface area contributed by atoms with E-state index in [4.69, 9.17) is 9.47 Å². The van der Waals surface area contributed by atoms with E-state index in [1.807, 2.05) is 25.7 Å². The molecule has 0 aromatic heterocycles. The van der Waals surface area contributed by atoms with Gasteiger partial charge in [0.15, 0.2) is 0 Å². The topological polar surface area (TPSA) is 42.0 Å². The molecule has 35 heavy (non-hydrogen) atoms. The third kappa shape index (κ3) is 6.58. The van der Waals surface area contributed by atoms with Gasteiger partial charge >= 0.3 is 6.09 Å². The lowest BCUT2D eigenvalue weighted by Gasteiger charge is -2.41. The molecule has 1 aliphatic carbocycles. The number of piperazine rings is 1. The minimum Gasteiger partial charge on any atom is -0.489 e. The van der Waals surface area contributed by atoms with Gasteiger partial charge in [-0.3, -0.25) is 4.90 Å². The second-order valence-electron chi connectivity index (χ2n) is 12.0. The van der Waals surface area contributed by atoms with Crippen LogP contribution in [0.5, 0.6) is 5.75 Å². The molecule has 1 fully saturated rings. The van der Waals surface area contributed by atoms with Crippen LogP contribution in [-0.2, 0) is 23.2 Å². The van der Waals surface area contributed by atoms with Gasteiger partial charge in [-0.2, -0.15) is 0 Å². The van der Waals surface area contributed by atoms with Gasteiger partial charge in [0.05, 0.1) is 0 Å². The lowest BCUT2D eigenvalue weighted by atomic mass is 9.86. The highest BCUT2D eigenvalue weighted by Gasteiger charge is 2.31. The van der Waals surface area contributed by atoms with Crippen molar-refractivity contribution >= 4 is 6.09 Å². The summed E-state index contributed by atoms with van der Waals surface area (Å²) in [5.74, 6) is 0.933. The van der Waals surface area contributed by atoms with Gasteiger partial charge in [0, 0.05) is 32.2 Å². The van der Waals surface area contributed by atoms with Gasteiger partial charge in [-0.05, 0) is 79.8 Å². The molecule has 2 aliphatic rings. The van der Waals surface area contributed by atoms with Crippen LogP contribution in [0, 0.1) is 0 Å². The lowest BCUT2D eigenvalue weighted by Crippen LogP contribution is -2.51. The van der Waals surface area contributed by atoms with Gasteiger partial charge < -0.3 is 14.4 Å². The zero-order valence-corrected chi connectivity index (χ0v) is 22.4. The standard InChI is InChI=1S/C30H42N2O3/c1-29(2,3)24-13-10-22(11-14-24)21-34-25-15-12-23-8-7-9-27(26(23)20-25)31-16-18-32(19-17-31)28(33)35-30(4,5)6/h10-15,20,27H,7-9,16-19,21H2,1-6H3. The van der Waals surface area contributed by atoms with E-state index in [-0.39, 0.29) is 11.5 Å². The van der Waals surface area contributed by atoms with Gasteiger partial charge in [0.2, 0.25) is 0 Å². The number of benzene rings is 2. The van der Waals surface area contributed by atoms with Crippen molar-refractivity contribution in [2.24, 2.45) is 0 Å². The number of hydrogen-bond donors (Lipinski definition) is 0. The van der Waals surface area contributed by atoms with Crippen LogP contribution < -0.4 is 4.74 Å². The molecule has 1 amide bonds. The highest BCUT2D eigenvalue weighted by Crippen LogP contribution is 2.37. The molecule has 4 rings (SSSR count). The summed E-state index contributed by atoms with van der Waals surface area (Å²) in [6, 6.07) is 15.8. The van der Waals surface area contributed by atoms with Crippen molar-refractivity contribution in [2.45, 2.75) is 84.5 Å². The minimum atomic E-state index is -0.457. The first-order valence-electron chi connectivity index (χ1n) is 13.1. The number of fused-ring (bicyclic) bond motifs is 1. The molecule has 5 nitrogen and oxygen atoms in total. The molecule has 5 heteroatoms. The summed E-state index contributed by atoms with van der Waals surface area (Å²) < 4.78 is 11.8. The van der Waals surface area contributed by atoms with Crippen molar-refractivity contribution in [1.82, 2.24) is 9.80 Å². The Labute approximate surface area is 211 Å². The number of ether oxygens (including phenoxy) is 2. The van der Waals surface area contributed by atoms with Crippen LogP contribution in [0.4, 0.5) is 4.79 Å². The fraction of sp³-hybridized carbons (Fsp3) is 0.567.